The molecule has 0 fully saturated rings. The highest BCUT2D eigenvalue weighted by molar-refractivity contribution is 7.90. The average molecular weight is 295 g/mol. The third-order valence-corrected chi connectivity index (χ3v) is 3.59. The van der Waals surface area contributed by atoms with Gasteiger partial charge in [-0.2, -0.15) is 5.10 Å². The minimum Gasteiger partial charge on any atom is -0.399 e. The molecule has 0 atom stereocenters. The van der Waals surface area contributed by atoms with E-state index >= 15 is 0 Å². The van der Waals surface area contributed by atoms with Crippen LogP contribution in [0.15, 0.2) is 29.4 Å². The van der Waals surface area contributed by atoms with Gasteiger partial charge in [0.05, 0.1) is 11.4 Å². The number of amides is 1. The van der Waals surface area contributed by atoms with E-state index in [2.05, 4.69) is 20.5 Å². The van der Waals surface area contributed by atoms with E-state index in [0.717, 1.165) is 6.26 Å². The highest BCUT2D eigenvalue weighted by Gasteiger charge is 2.13. The zero-order valence-electron chi connectivity index (χ0n) is 10.6. The Bertz CT molecular complexity index is 725. The molecule has 0 spiro atoms. The molecule has 2 rings (SSSR count). The van der Waals surface area contributed by atoms with Crippen molar-refractivity contribution in [2.24, 2.45) is 0 Å². The largest absolute Gasteiger partial charge is 0.399 e. The van der Waals surface area contributed by atoms with Crippen molar-refractivity contribution in [1.82, 2.24) is 20.5 Å². The van der Waals surface area contributed by atoms with E-state index < -0.39 is 15.7 Å². The summed E-state index contributed by atoms with van der Waals surface area (Å²) in [6.07, 6.45) is 2.38. The zero-order valence-corrected chi connectivity index (χ0v) is 11.4. The maximum absolute atomic E-state index is 11.9. The van der Waals surface area contributed by atoms with Crippen LogP contribution < -0.4 is 11.1 Å². The standard InChI is InChI=1S/C11H13N5O3S/c1-20(18,19)9-3-7(2-8(12)4-9)11(17)13-5-10-14-6-15-16-10/h2-4,6H,5,12H2,1H3,(H,13,17)(H,14,15,16). The summed E-state index contributed by atoms with van der Waals surface area (Å²) < 4.78 is 23.0. The summed E-state index contributed by atoms with van der Waals surface area (Å²) in [4.78, 5) is 15.8. The van der Waals surface area contributed by atoms with Crippen LogP contribution in [-0.2, 0) is 16.4 Å². The maximum Gasteiger partial charge on any atom is 0.251 e. The van der Waals surface area contributed by atoms with E-state index in [9.17, 15) is 13.2 Å². The van der Waals surface area contributed by atoms with Gasteiger partial charge in [0.15, 0.2) is 9.84 Å². The summed E-state index contributed by atoms with van der Waals surface area (Å²) in [6.45, 7) is 0.155. The van der Waals surface area contributed by atoms with Gasteiger partial charge in [-0.3, -0.25) is 9.89 Å². The number of aromatic nitrogens is 3. The number of H-pyrrole nitrogens is 1. The van der Waals surface area contributed by atoms with Crippen molar-refractivity contribution in [3.63, 3.8) is 0 Å². The predicted octanol–water partition coefficient (Wildman–Crippen LogP) is -0.280. The minimum absolute atomic E-state index is 0.00214. The van der Waals surface area contributed by atoms with E-state index in [1.165, 1.54) is 24.5 Å². The molecule has 0 aliphatic rings. The Hall–Kier alpha value is -2.42. The topological polar surface area (TPSA) is 131 Å². The van der Waals surface area contributed by atoms with Crippen molar-refractivity contribution in [3.05, 3.63) is 35.9 Å². The number of nitrogen functional groups attached to an aromatic ring is 1. The summed E-state index contributed by atoms with van der Waals surface area (Å²) in [5.74, 6) is 0.0455. The fourth-order valence-electron chi connectivity index (χ4n) is 1.55. The average Bonchev–Trinajstić information content (AvgIpc) is 2.87. The molecule has 106 valence electrons. The number of hydrogen-bond donors (Lipinski definition) is 3. The lowest BCUT2D eigenvalue weighted by molar-refractivity contribution is 0.0949. The third kappa shape index (κ3) is 3.32. The number of nitrogens with zero attached hydrogens (tertiary/aromatic N) is 2. The second kappa shape index (κ2) is 5.29. The first kappa shape index (κ1) is 14.0. The molecule has 1 amide bonds. The fraction of sp³-hybridized carbons (Fsp3) is 0.182. The summed E-state index contributed by atoms with van der Waals surface area (Å²) in [5.41, 5.74) is 5.99. The van der Waals surface area contributed by atoms with E-state index in [4.69, 9.17) is 5.73 Å². The molecule has 2 aromatic rings. The van der Waals surface area contributed by atoms with Crippen molar-refractivity contribution in [1.29, 1.82) is 0 Å². The number of nitrogens with two attached hydrogens (primary N) is 1. The van der Waals surface area contributed by atoms with Gasteiger partial charge in [0, 0.05) is 17.5 Å². The Balaban J connectivity index is 2.19. The number of benzene rings is 1. The van der Waals surface area contributed by atoms with Gasteiger partial charge in [-0.1, -0.05) is 0 Å². The number of nitrogens with one attached hydrogen (secondary N) is 2. The molecule has 0 aliphatic heterocycles. The number of aromatic amines is 1. The first-order valence-electron chi connectivity index (χ1n) is 5.59. The summed E-state index contributed by atoms with van der Waals surface area (Å²) in [6, 6.07) is 3.99. The summed E-state index contributed by atoms with van der Waals surface area (Å²) in [7, 11) is -3.43. The lowest BCUT2D eigenvalue weighted by Gasteiger charge is -2.07. The van der Waals surface area contributed by atoms with E-state index in [-0.39, 0.29) is 22.7 Å². The molecule has 9 heteroatoms. The molecule has 4 N–H and O–H groups in total. The fourth-order valence-corrected chi connectivity index (χ4v) is 2.24. The molecule has 0 saturated carbocycles. The Morgan fingerprint density at radius 3 is 2.75 bits per heavy atom. The molecule has 1 aromatic heterocycles. The van der Waals surface area contributed by atoms with E-state index in [1.54, 1.807) is 0 Å². The van der Waals surface area contributed by atoms with E-state index in [1.807, 2.05) is 0 Å². The molecule has 0 saturated heterocycles. The van der Waals surface area contributed by atoms with Crippen molar-refractivity contribution in [2.45, 2.75) is 11.4 Å². The van der Waals surface area contributed by atoms with Gasteiger partial charge >= 0.3 is 0 Å². The second-order valence-electron chi connectivity index (χ2n) is 4.18. The molecule has 8 nitrogen and oxygen atoms in total. The van der Waals surface area contributed by atoms with Crippen molar-refractivity contribution < 1.29 is 13.2 Å². The molecule has 1 aromatic carbocycles. The number of anilines is 1. The Kier molecular flexibility index (Phi) is 3.70. The molecule has 0 aliphatic carbocycles. The van der Waals surface area contributed by atoms with Gasteiger partial charge in [0.25, 0.3) is 5.91 Å². The van der Waals surface area contributed by atoms with Gasteiger partial charge < -0.3 is 11.1 Å². The Morgan fingerprint density at radius 2 is 2.15 bits per heavy atom. The van der Waals surface area contributed by atoms with Crippen LogP contribution >= 0.6 is 0 Å². The van der Waals surface area contributed by atoms with Gasteiger partial charge in [-0.25, -0.2) is 13.4 Å². The second-order valence-corrected chi connectivity index (χ2v) is 6.19. The molecule has 20 heavy (non-hydrogen) atoms. The normalized spacial score (nSPS) is 11.2. The van der Waals surface area contributed by atoms with Crippen LogP contribution in [0.3, 0.4) is 0 Å². The van der Waals surface area contributed by atoms with Crippen LogP contribution in [0.2, 0.25) is 0 Å². The number of hydrogen-bond acceptors (Lipinski definition) is 6. The smallest absolute Gasteiger partial charge is 0.251 e. The number of rotatable bonds is 4. The monoisotopic (exact) mass is 295 g/mol. The molecular weight excluding hydrogens is 282 g/mol. The van der Waals surface area contributed by atoms with Crippen LogP contribution in [0.4, 0.5) is 5.69 Å². The predicted molar refractivity (Wildman–Crippen MR) is 71.5 cm³/mol. The minimum atomic E-state index is -3.43. The quantitative estimate of drug-likeness (QED) is 0.665. The lowest BCUT2D eigenvalue weighted by Crippen LogP contribution is -2.23. The number of carbonyl (C=O) groups excluding carboxylic acids is 1. The number of carbonyl (C=O) groups is 1. The van der Waals surface area contributed by atoms with Crippen LogP contribution in [0.1, 0.15) is 16.2 Å². The number of sulfone groups is 1. The maximum atomic E-state index is 11.9. The highest BCUT2D eigenvalue weighted by atomic mass is 32.2. The van der Waals surface area contributed by atoms with Crippen molar-refractivity contribution in [2.75, 3.05) is 12.0 Å². The molecule has 0 unspecified atom stereocenters. The lowest BCUT2D eigenvalue weighted by atomic mass is 10.2. The highest BCUT2D eigenvalue weighted by Crippen LogP contribution is 2.16. The summed E-state index contributed by atoms with van der Waals surface area (Å²) in [5, 5.41) is 8.83. The Labute approximate surface area is 115 Å². The van der Waals surface area contributed by atoms with Crippen LogP contribution in [-0.4, -0.2) is 35.8 Å². The van der Waals surface area contributed by atoms with Crippen LogP contribution in [0, 0.1) is 0 Å². The molecule has 0 bridgehead atoms. The van der Waals surface area contributed by atoms with Crippen LogP contribution in [0.5, 0.6) is 0 Å². The first-order valence-corrected chi connectivity index (χ1v) is 7.48. The SMILES string of the molecule is CS(=O)(=O)c1cc(N)cc(C(=O)NCc2ncn[nH]2)c1. The van der Waals surface area contributed by atoms with Gasteiger partial charge in [-0.15, -0.1) is 0 Å². The third-order valence-electron chi connectivity index (χ3n) is 2.50. The van der Waals surface area contributed by atoms with Gasteiger partial charge in [0.2, 0.25) is 0 Å². The van der Waals surface area contributed by atoms with Gasteiger partial charge in [-0.05, 0) is 18.2 Å². The van der Waals surface area contributed by atoms with E-state index in [0.29, 0.717) is 5.82 Å². The van der Waals surface area contributed by atoms with Crippen LogP contribution in [0.25, 0.3) is 0 Å². The van der Waals surface area contributed by atoms with Crippen molar-refractivity contribution >= 4 is 21.4 Å². The molecule has 0 radical (unpaired) electrons. The molecular formula is C11H13N5O3S. The molecule has 1 heterocycles. The first-order chi connectivity index (χ1) is 9.36. The zero-order chi connectivity index (χ0) is 14.8. The van der Waals surface area contributed by atoms with Crippen molar-refractivity contribution in [3.8, 4) is 0 Å². The van der Waals surface area contributed by atoms with Gasteiger partial charge in [0.1, 0.15) is 12.2 Å². The Morgan fingerprint density at radius 1 is 1.40 bits per heavy atom. The summed E-state index contributed by atoms with van der Waals surface area (Å²) >= 11 is 0.